The van der Waals surface area contributed by atoms with E-state index in [0.29, 0.717) is 180 Å². The third kappa shape index (κ3) is 32.0. The molecule has 8 rings (SSSR count). The topological polar surface area (TPSA) is 165 Å². The molecular weight excluding hydrogens is 1610 g/mol. The maximum Gasteiger partial charge on any atom is 0.153 e. The number of benzene rings is 8. The maximum absolute atomic E-state index is 12.3. The van der Waals surface area contributed by atoms with Crippen molar-refractivity contribution in [3.05, 3.63) is 187 Å². The largest absolute Gasteiger partial charge is 0.494 e. The molecule has 0 radical (unpaired) electrons. The summed E-state index contributed by atoms with van der Waals surface area (Å²) in [5.41, 5.74) is 12.2. The van der Waals surface area contributed by atoms with Gasteiger partial charge in [0.1, 0.15) is 92.0 Å². The number of aldehydes is 1. The molecule has 0 bridgehead atoms. The van der Waals surface area contributed by atoms with Gasteiger partial charge in [0.25, 0.3) is 0 Å². The summed E-state index contributed by atoms with van der Waals surface area (Å²) in [6.45, 7) is 41.9. The van der Waals surface area contributed by atoms with Crippen LogP contribution in [0.2, 0.25) is 0 Å². The van der Waals surface area contributed by atoms with Gasteiger partial charge in [-0.25, -0.2) is 0 Å². The van der Waals surface area contributed by atoms with Crippen LogP contribution in [0.1, 0.15) is 302 Å². The fourth-order valence-corrected chi connectivity index (χ4v) is 13.2. The molecular formula is C111H144O17. The van der Waals surface area contributed by atoms with Crippen LogP contribution in [0, 0.1) is 0 Å². The van der Waals surface area contributed by atoms with Crippen LogP contribution in [-0.2, 0) is 0 Å². The summed E-state index contributed by atoms with van der Waals surface area (Å²) in [4.78, 5) is 12.3. The van der Waals surface area contributed by atoms with Crippen LogP contribution in [0.25, 0.3) is 85.1 Å². The third-order valence-corrected chi connectivity index (χ3v) is 19.6. The van der Waals surface area contributed by atoms with Gasteiger partial charge < -0.3 is 75.8 Å². The molecule has 8 aromatic carbocycles. The Morgan fingerprint density at radius 1 is 0.148 bits per heavy atom. The normalized spacial score (nSPS) is 11.6. The van der Waals surface area contributed by atoms with Gasteiger partial charge in [-0.05, 0) is 206 Å². The highest BCUT2D eigenvalue weighted by atomic mass is 16.5. The Morgan fingerprint density at radius 3 is 0.406 bits per heavy atom. The molecule has 0 unspecified atom stereocenters. The van der Waals surface area contributed by atoms with Crippen LogP contribution < -0.4 is 75.8 Å². The first-order valence-corrected chi connectivity index (χ1v) is 47.4. The number of hydrogen-bond acceptors (Lipinski definition) is 17. The van der Waals surface area contributed by atoms with Gasteiger partial charge in [0.2, 0.25) is 0 Å². The van der Waals surface area contributed by atoms with Crippen molar-refractivity contribution in [2.75, 3.05) is 106 Å². The summed E-state index contributed by atoms with van der Waals surface area (Å²) in [5, 5.41) is 0. The lowest BCUT2D eigenvalue weighted by atomic mass is 10.0. The van der Waals surface area contributed by atoms with Crippen molar-refractivity contribution in [2.24, 2.45) is 0 Å². The van der Waals surface area contributed by atoms with Gasteiger partial charge in [-0.1, -0.05) is 196 Å². The molecule has 8 aromatic rings. The highest BCUT2D eigenvalue weighted by molar-refractivity contribution is 5.89. The smallest absolute Gasteiger partial charge is 0.153 e. The summed E-state index contributed by atoms with van der Waals surface area (Å²) < 4.78 is 104. The Bertz CT molecular complexity index is 4860. The molecule has 0 aromatic heterocycles. The molecule has 128 heavy (non-hydrogen) atoms. The first kappa shape index (κ1) is 102. The predicted octanol–water partition coefficient (Wildman–Crippen LogP) is 29.3. The molecule has 17 nitrogen and oxygen atoms in total. The van der Waals surface area contributed by atoms with E-state index in [2.05, 4.69) is 237 Å². The van der Waals surface area contributed by atoms with Crippen molar-refractivity contribution in [1.29, 1.82) is 0 Å². The van der Waals surface area contributed by atoms with E-state index in [1.807, 2.05) is 55.5 Å². The maximum atomic E-state index is 12.3. The fourth-order valence-electron chi connectivity index (χ4n) is 13.2. The van der Waals surface area contributed by atoms with Crippen LogP contribution in [0.5, 0.6) is 92.0 Å². The second-order valence-electron chi connectivity index (χ2n) is 31.2. The molecule has 0 aliphatic rings. The van der Waals surface area contributed by atoms with E-state index in [9.17, 15) is 4.79 Å². The Hall–Kier alpha value is -11.6. The SMILES string of the molecule is CCCOc1ccc(OCCC)c(/C=C/c2cc(OCCC)c(/C=C/c3cc(OCCC)c(/C=C/c4cc(OCCC)c(/C=C/c5cc(OCCC)c(/C=C/c6cc(OCCC)c(/C=C/c7cc(OCCC)c(/C=C/c8cc(OCCC)c(C=O)cc8OCCC)cc7OCCC)cc6OCCC)cc5OCCC)cc4OCCC)cc3OCCC)cc2OCCC)c1. The Kier molecular flexibility index (Phi) is 46.1. The highest BCUT2D eigenvalue weighted by Crippen LogP contribution is 2.43. The molecule has 0 aliphatic heterocycles. The zero-order chi connectivity index (χ0) is 91.5. The van der Waals surface area contributed by atoms with Crippen LogP contribution in [-0.4, -0.2) is 112 Å². The molecule has 0 atom stereocenters. The zero-order valence-corrected chi connectivity index (χ0v) is 79.5. The molecule has 0 fully saturated rings. The summed E-state index contributed by atoms with van der Waals surface area (Å²) >= 11 is 0. The minimum Gasteiger partial charge on any atom is -0.494 e. The van der Waals surface area contributed by atoms with Gasteiger partial charge in [-0.3, -0.25) is 4.79 Å². The monoisotopic (exact) mass is 1750 g/mol. The quantitative estimate of drug-likeness (QED) is 0.0261. The van der Waals surface area contributed by atoms with Gasteiger partial charge in [0, 0.05) is 77.9 Å². The lowest BCUT2D eigenvalue weighted by Gasteiger charge is -2.17. The Labute approximate surface area is 765 Å². The average molecular weight is 1750 g/mol. The minimum absolute atomic E-state index is 0.441. The van der Waals surface area contributed by atoms with Crippen molar-refractivity contribution in [2.45, 2.75) is 214 Å². The zero-order valence-electron chi connectivity index (χ0n) is 79.5. The number of ether oxygens (including phenoxy) is 16. The van der Waals surface area contributed by atoms with E-state index in [1.54, 1.807) is 6.07 Å². The van der Waals surface area contributed by atoms with Crippen molar-refractivity contribution in [3.8, 4) is 92.0 Å². The third-order valence-electron chi connectivity index (χ3n) is 19.6. The van der Waals surface area contributed by atoms with Crippen LogP contribution in [0.4, 0.5) is 0 Å². The predicted molar refractivity (Wildman–Crippen MR) is 532 cm³/mol. The molecule has 0 N–H and O–H groups in total. The van der Waals surface area contributed by atoms with Gasteiger partial charge in [0.05, 0.1) is 111 Å². The van der Waals surface area contributed by atoms with E-state index < -0.39 is 0 Å². The standard InChI is InChI=1S/C111H144O17/c1-17-49-113-96-47-48-97(114-50-18-2)81(65-96)33-34-82-66-99(116-52-20-4)83(67-98(82)115-51-19-3)35-36-84-68-101(118-54-22-6)85(69-100(84)117-53-21-5)37-38-86-70-103(120-56-24-8)87(71-102(86)119-55-23-7)39-40-88-72-105(122-58-26-10)89(73-104(88)121-57-25-9)41-42-90-74-107(124-60-28-12)91(75-106(90)123-59-27-11)43-44-92-76-109(126-62-30-14)93(77-108(92)125-61-29-13)45-46-94-78-111(128-64-32-16)95(80-112)79-110(94)127-63-31-15/h33-48,65-80H,17-32,49-64H2,1-16H3/b34-33+,36-35+,38-37+,40-39+,42-41+,44-43+,46-45+. The second-order valence-corrected chi connectivity index (χ2v) is 31.2. The van der Waals surface area contributed by atoms with Crippen molar-refractivity contribution < 1.29 is 80.6 Å². The Balaban J connectivity index is 1.17. The van der Waals surface area contributed by atoms with E-state index in [4.69, 9.17) is 75.8 Å². The molecule has 0 aliphatic carbocycles. The summed E-state index contributed by atoms with van der Waals surface area (Å²) in [7, 11) is 0. The molecule has 690 valence electrons. The van der Waals surface area contributed by atoms with Crippen LogP contribution in [0.15, 0.2) is 103 Å². The highest BCUT2D eigenvalue weighted by Gasteiger charge is 2.21. The first-order valence-electron chi connectivity index (χ1n) is 47.4. The molecule has 0 heterocycles. The molecule has 0 saturated heterocycles. The fraction of sp³-hybridized carbons (Fsp3) is 0.432. The summed E-state index contributed by atoms with van der Waals surface area (Å²) in [6, 6.07) is 34.4. The molecule has 0 saturated carbocycles. The van der Waals surface area contributed by atoms with Gasteiger partial charge in [-0.2, -0.15) is 0 Å². The number of carbonyl (C=O) groups excluding carboxylic acids is 1. The Morgan fingerprint density at radius 2 is 0.266 bits per heavy atom. The van der Waals surface area contributed by atoms with E-state index in [1.165, 1.54) is 0 Å². The number of rotatable bonds is 63. The van der Waals surface area contributed by atoms with E-state index in [-0.39, 0.29) is 0 Å². The summed E-state index contributed by atoms with van der Waals surface area (Å²) in [5.74, 6) is 11.1. The van der Waals surface area contributed by atoms with Gasteiger partial charge in [-0.15, -0.1) is 0 Å². The van der Waals surface area contributed by atoms with Crippen LogP contribution in [0.3, 0.4) is 0 Å². The van der Waals surface area contributed by atoms with Gasteiger partial charge >= 0.3 is 0 Å². The number of hydrogen-bond donors (Lipinski definition) is 0. The van der Waals surface area contributed by atoms with Crippen molar-refractivity contribution in [3.63, 3.8) is 0 Å². The first-order chi connectivity index (χ1) is 62.7. The molecule has 17 heteroatoms. The van der Waals surface area contributed by atoms with Gasteiger partial charge in [0.15, 0.2) is 6.29 Å². The van der Waals surface area contributed by atoms with Crippen molar-refractivity contribution >= 4 is 91.4 Å². The summed E-state index contributed by atoms with van der Waals surface area (Å²) in [6.07, 6.45) is 42.8. The van der Waals surface area contributed by atoms with E-state index >= 15 is 0 Å². The lowest BCUT2D eigenvalue weighted by molar-refractivity contribution is 0.111. The lowest BCUT2D eigenvalue weighted by Crippen LogP contribution is -2.03. The number of carbonyl (C=O) groups is 1. The minimum atomic E-state index is 0.441. The van der Waals surface area contributed by atoms with Crippen molar-refractivity contribution in [1.82, 2.24) is 0 Å². The average Bonchev–Trinajstić information content (AvgIpc) is 0.807. The molecule has 0 amide bonds. The van der Waals surface area contributed by atoms with Crippen LogP contribution >= 0.6 is 0 Å². The van der Waals surface area contributed by atoms with E-state index in [0.717, 1.165) is 210 Å². The molecule has 0 spiro atoms. The second kappa shape index (κ2) is 58.0.